The van der Waals surface area contributed by atoms with Crippen LogP contribution in [0.2, 0.25) is 5.02 Å². The maximum absolute atomic E-state index is 5.63. The molecule has 0 aliphatic carbocycles. The van der Waals surface area contributed by atoms with Gasteiger partial charge in [-0.2, -0.15) is 0 Å². The van der Waals surface area contributed by atoms with Crippen molar-refractivity contribution in [3.8, 4) is 0 Å². The first-order valence-electron chi connectivity index (χ1n) is 6.55. The fraction of sp³-hybridized carbons (Fsp3) is 0.188. The average Bonchev–Trinajstić information content (AvgIpc) is 2.74. The number of fused-ring (bicyclic) bond motifs is 1. The molecule has 0 unspecified atom stereocenters. The van der Waals surface area contributed by atoms with E-state index in [1.807, 2.05) is 24.3 Å². The van der Waals surface area contributed by atoms with Crippen LogP contribution in [0.4, 0.5) is 0 Å². The van der Waals surface area contributed by atoms with E-state index in [2.05, 4.69) is 66.8 Å². The van der Waals surface area contributed by atoms with E-state index in [9.17, 15) is 0 Å². The van der Waals surface area contributed by atoms with E-state index in [0.717, 1.165) is 10.6 Å². The zero-order chi connectivity index (χ0) is 15.4. The Labute approximate surface area is 140 Å². The molecule has 0 aliphatic heterocycles. The molecule has 0 saturated heterocycles. The van der Waals surface area contributed by atoms with Crippen LogP contribution < -0.4 is 5.73 Å². The minimum atomic E-state index is 0.581. The van der Waals surface area contributed by atoms with E-state index in [4.69, 9.17) is 17.3 Å². The minimum absolute atomic E-state index is 0.581. The van der Waals surface area contributed by atoms with Crippen molar-refractivity contribution in [2.75, 3.05) is 0 Å². The molecule has 3 rings (SSSR count). The van der Waals surface area contributed by atoms with Gasteiger partial charge in [0.2, 0.25) is 0 Å². The number of benzene rings is 2. The molecule has 0 saturated carbocycles. The summed E-state index contributed by atoms with van der Waals surface area (Å²) >= 11 is 7.96. The number of hydrogen-bond acceptors (Lipinski definition) is 1. The van der Waals surface area contributed by atoms with E-state index < -0.39 is 0 Å². The zero-order valence-electron chi connectivity index (χ0n) is 12.0. The van der Waals surface area contributed by atoms with Crippen LogP contribution in [0.1, 0.15) is 5.56 Å². The zero-order valence-corrected chi connectivity index (χ0v) is 15.0. The summed E-state index contributed by atoms with van der Waals surface area (Å²) in [5.74, 6) is 0. The van der Waals surface area contributed by atoms with Crippen molar-refractivity contribution in [1.82, 2.24) is 9.13 Å². The number of aromatic nitrogens is 2. The topological polar surface area (TPSA) is 35.9 Å². The van der Waals surface area contributed by atoms with Gasteiger partial charge < -0.3 is 5.73 Å². The third kappa shape index (κ3) is 3.74. The number of aryl methyl sites for hydroxylation is 2. The van der Waals surface area contributed by atoms with Crippen LogP contribution in [0.5, 0.6) is 0 Å². The molecule has 0 atom stereocenters. The Morgan fingerprint density at radius 2 is 1.43 bits per heavy atom. The summed E-state index contributed by atoms with van der Waals surface area (Å²) in [5, 5.41) is 0.757. The van der Waals surface area contributed by atoms with Crippen molar-refractivity contribution < 1.29 is 19.4 Å². The quantitative estimate of drug-likeness (QED) is 0.567. The molecule has 0 fully saturated rings. The number of imidazole rings is 1. The van der Waals surface area contributed by atoms with E-state index in [0.29, 0.717) is 6.54 Å². The number of halogens is 1. The van der Waals surface area contributed by atoms with Gasteiger partial charge in [0.15, 0.2) is 0 Å². The number of nitrogens with zero attached hydrogens (tertiary/aromatic N) is 2. The molecule has 114 valence electrons. The second-order valence-corrected chi connectivity index (χ2v) is 6.13. The van der Waals surface area contributed by atoms with Gasteiger partial charge in [-0.1, -0.05) is 23.7 Å². The first-order valence-corrected chi connectivity index (χ1v) is 8.06. The molecule has 3 aromatic rings. The summed E-state index contributed by atoms with van der Waals surface area (Å²) < 4.78 is 5.63. The number of para-hydroxylation sites is 2. The predicted octanol–water partition coefficient (Wildman–Crippen LogP) is 3.39. The van der Waals surface area contributed by atoms with E-state index in [1.165, 1.54) is 14.8 Å². The molecule has 0 amide bonds. The van der Waals surface area contributed by atoms with Crippen LogP contribution in [0.15, 0.2) is 48.5 Å². The molecule has 0 aliphatic rings. The molecule has 0 radical (unpaired) electrons. The minimum Gasteiger partial charge on any atom is -0.326 e. The van der Waals surface area contributed by atoms with Gasteiger partial charge in [-0.15, -0.1) is 0 Å². The van der Waals surface area contributed by atoms with Gasteiger partial charge in [-0.05, 0) is 17.7 Å². The van der Waals surface area contributed by atoms with Gasteiger partial charge in [-0.25, -0.2) is 0 Å². The molecular weight excluding hydrogens is 465 g/mol. The van der Waals surface area contributed by atoms with Gasteiger partial charge in [0.1, 0.15) is 0 Å². The average molecular weight is 483 g/mol. The van der Waals surface area contributed by atoms with Crippen molar-refractivity contribution in [2.24, 2.45) is 19.8 Å². The third-order valence-electron chi connectivity index (χ3n) is 3.27. The van der Waals surface area contributed by atoms with Crippen LogP contribution in [-0.4, -0.2) is 9.13 Å². The Morgan fingerprint density at radius 3 is 1.86 bits per heavy atom. The van der Waals surface area contributed by atoms with Crippen molar-refractivity contribution >= 4 is 22.6 Å². The molecule has 1 aromatic heterocycles. The van der Waals surface area contributed by atoms with Crippen molar-refractivity contribution in [3.05, 3.63) is 62.9 Å². The van der Waals surface area contributed by atoms with E-state index in [-0.39, 0.29) is 0 Å². The summed E-state index contributed by atoms with van der Waals surface area (Å²) in [6, 6.07) is 15.9. The van der Waals surface area contributed by atoms with E-state index >= 15 is 0 Å². The fourth-order valence-corrected chi connectivity index (χ4v) is 2.73. The summed E-state index contributed by atoms with van der Waals surface area (Å²) in [7, 11) is 4.18. The molecule has 0 spiro atoms. The van der Waals surface area contributed by atoms with Crippen molar-refractivity contribution in [1.29, 1.82) is 0 Å². The third-order valence-corrected chi connectivity index (χ3v) is 5.04. The Morgan fingerprint density at radius 1 is 0.952 bits per heavy atom. The maximum atomic E-state index is 5.63. The van der Waals surface area contributed by atoms with Gasteiger partial charge >= 0.3 is 81.7 Å². The summed E-state index contributed by atoms with van der Waals surface area (Å²) in [4.78, 5) is 0. The van der Waals surface area contributed by atoms with Crippen molar-refractivity contribution in [2.45, 2.75) is 6.54 Å². The molecule has 3 nitrogen and oxygen atoms in total. The molecule has 0 bridgehead atoms. The van der Waals surface area contributed by atoms with Crippen LogP contribution in [-0.2, 0) is 40.0 Å². The SMILES string of the molecule is Cn1[c](=[Pt])n(C)c2ccccc21.NCc1ccc(Cl)cc1. The van der Waals surface area contributed by atoms with Crippen LogP contribution in [0.3, 0.4) is 0 Å². The van der Waals surface area contributed by atoms with Crippen LogP contribution >= 0.6 is 11.6 Å². The maximum Gasteiger partial charge on any atom is 0.0406 e. The Balaban J connectivity index is 0.000000161. The molecule has 2 N–H and O–H groups in total. The Hall–Kier alpha value is -1.15. The van der Waals surface area contributed by atoms with Crippen molar-refractivity contribution in [3.63, 3.8) is 0 Å². The molecule has 2 aromatic carbocycles. The van der Waals surface area contributed by atoms with Gasteiger partial charge in [-0.3, -0.25) is 0 Å². The van der Waals surface area contributed by atoms with Gasteiger partial charge in [0, 0.05) is 11.6 Å². The first kappa shape index (κ1) is 16.2. The number of nitrogens with two attached hydrogens (primary N) is 1. The van der Waals surface area contributed by atoms with Gasteiger partial charge in [0.05, 0.1) is 0 Å². The van der Waals surface area contributed by atoms with Crippen LogP contribution in [0, 0.1) is 3.80 Å². The monoisotopic (exact) mass is 482 g/mol. The van der Waals surface area contributed by atoms with E-state index in [1.54, 1.807) is 0 Å². The summed E-state index contributed by atoms with van der Waals surface area (Å²) in [6.45, 7) is 0.581. The smallest absolute Gasteiger partial charge is 0.0406 e. The standard InChI is InChI=1S/C9H10N2.C7H8ClN.Pt/c1-10-7-11(2)9-6-4-3-5-8(9)10;8-7-3-1-6(5-9)2-4-7;/h3-6H,1-2H3;1-4H,5,9H2;. The second kappa shape index (κ2) is 7.21. The summed E-state index contributed by atoms with van der Waals surface area (Å²) in [5.41, 5.74) is 9.03. The molecule has 5 heteroatoms. The predicted molar refractivity (Wildman–Crippen MR) is 84.5 cm³/mol. The molecule has 21 heavy (non-hydrogen) atoms. The normalized spacial score (nSPS) is 10.4. The number of rotatable bonds is 1. The molecule has 1 heterocycles. The second-order valence-electron chi connectivity index (χ2n) is 4.68. The summed E-state index contributed by atoms with van der Waals surface area (Å²) in [6.07, 6.45) is 0. The largest absolute Gasteiger partial charge is 0.326 e. The van der Waals surface area contributed by atoms with Gasteiger partial charge in [0.25, 0.3) is 0 Å². The fourth-order valence-electron chi connectivity index (χ4n) is 2.06. The Kier molecular flexibility index (Phi) is 5.57. The Bertz CT molecular complexity index is 745. The first-order chi connectivity index (χ1) is 10.0. The molecular formula is C16H18ClN3Pt. The number of hydrogen-bond donors (Lipinski definition) is 1. The van der Waals surface area contributed by atoms with Crippen LogP contribution in [0.25, 0.3) is 11.0 Å².